The molecule has 0 unspecified atom stereocenters. The molecule has 3 heteroatoms. The molecule has 0 saturated carbocycles. The molecule has 0 aliphatic heterocycles. The largest absolute Gasteiger partial charge is 0.619 e. The summed E-state index contributed by atoms with van der Waals surface area (Å²) in [4.78, 5) is 0. The minimum absolute atomic E-state index is 0.170. The molecule has 1 radical (unpaired) electrons. The topological polar surface area (TPSA) is 50.7 Å². The molecule has 0 aromatic carbocycles. The van der Waals surface area contributed by atoms with Gasteiger partial charge in [0.2, 0.25) is 0 Å². The van der Waals surface area contributed by atoms with Gasteiger partial charge in [0, 0.05) is 18.2 Å². The van der Waals surface area contributed by atoms with Gasteiger partial charge >= 0.3 is 0 Å². The van der Waals surface area contributed by atoms with Crippen LogP contribution in [0, 0.1) is 5.21 Å². The van der Waals surface area contributed by atoms with E-state index in [-0.39, 0.29) is 6.54 Å². The predicted molar refractivity (Wildman–Crippen MR) is 32.2 cm³/mol. The van der Waals surface area contributed by atoms with Crippen LogP contribution in [0.25, 0.3) is 0 Å². The van der Waals surface area contributed by atoms with Gasteiger partial charge in [-0.25, -0.2) is 0 Å². The third-order valence-corrected chi connectivity index (χ3v) is 1.04. The molecule has 0 atom stereocenters. The van der Waals surface area contributed by atoms with Crippen molar-refractivity contribution in [2.75, 3.05) is 0 Å². The molecule has 0 bridgehead atoms. The Morgan fingerprint density at radius 2 is 2.44 bits per heavy atom. The third-order valence-electron chi connectivity index (χ3n) is 1.04. The van der Waals surface area contributed by atoms with Crippen LogP contribution in [0.3, 0.4) is 0 Å². The van der Waals surface area contributed by atoms with Crippen LogP contribution >= 0.6 is 0 Å². The van der Waals surface area contributed by atoms with Crippen molar-refractivity contribution in [3.63, 3.8) is 0 Å². The minimum Gasteiger partial charge on any atom is -0.619 e. The molecule has 0 spiro atoms. The summed E-state index contributed by atoms with van der Waals surface area (Å²) >= 11 is 0. The molecule has 1 aromatic heterocycles. The van der Waals surface area contributed by atoms with Gasteiger partial charge in [-0.1, -0.05) is 0 Å². The minimum atomic E-state index is 0.170. The molecule has 0 fully saturated rings. The number of rotatable bonds is 1. The van der Waals surface area contributed by atoms with E-state index < -0.39 is 0 Å². The zero-order valence-corrected chi connectivity index (χ0v) is 4.87. The first-order chi connectivity index (χ1) is 4.33. The highest BCUT2D eigenvalue weighted by Gasteiger charge is 1.91. The molecule has 47 valence electrons. The van der Waals surface area contributed by atoms with Crippen LogP contribution in [0.1, 0.15) is 5.56 Å². The van der Waals surface area contributed by atoms with Gasteiger partial charge in [0.25, 0.3) is 0 Å². The smallest absolute Gasteiger partial charge is 0.184 e. The quantitative estimate of drug-likeness (QED) is 0.386. The van der Waals surface area contributed by atoms with Gasteiger partial charge < -0.3 is 5.21 Å². The second-order valence-electron chi connectivity index (χ2n) is 1.75. The second-order valence-corrected chi connectivity index (χ2v) is 1.75. The zero-order valence-electron chi connectivity index (χ0n) is 4.87. The van der Waals surface area contributed by atoms with E-state index in [1.54, 1.807) is 12.1 Å². The van der Waals surface area contributed by atoms with Crippen molar-refractivity contribution in [3.05, 3.63) is 35.3 Å². The first-order valence-corrected chi connectivity index (χ1v) is 2.65. The summed E-state index contributed by atoms with van der Waals surface area (Å²) in [5.41, 5.74) is 7.63. The highest BCUT2D eigenvalue weighted by molar-refractivity contribution is 5.03. The first kappa shape index (κ1) is 6.04. The van der Waals surface area contributed by atoms with Crippen molar-refractivity contribution in [1.29, 1.82) is 0 Å². The fourth-order valence-electron chi connectivity index (χ4n) is 0.606. The molecule has 1 rings (SSSR count). The van der Waals surface area contributed by atoms with E-state index >= 15 is 0 Å². The molecule has 1 N–H and O–H groups in total. The number of nitrogens with zero attached hydrogens (tertiary/aromatic N) is 1. The molecule has 0 saturated heterocycles. The summed E-state index contributed by atoms with van der Waals surface area (Å²) in [6, 6.07) is 3.39. The summed E-state index contributed by atoms with van der Waals surface area (Å²) in [5, 5.41) is 10.5. The van der Waals surface area contributed by atoms with Crippen LogP contribution in [0.15, 0.2) is 24.5 Å². The molecule has 1 heterocycles. The fraction of sp³-hybridized carbons (Fsp3) is 0.167. The van der Waals surface area contributed by atoms with Crippen LogP contribution in [0.2, 0.25) is 0 Å². The van der Waals surface area contributed by atoms with Gasteiger partial charge in [-0.3, -0.25) is 5.73 Å². The van der Waals surface area contributed by atoms with E-state index in [1.807, 2.05) is 0 Å². The molecular weight excluding hydrogens is 116 g/mol. The Bertz CT molecular complexity index is 200. The molecule has 0 aliphatic rings. The van der Waals surface area contributed by atoms with E-state index in [4.69, 9.17) is 5.73 Å². The monoisotopic (exact) mass is 123 g/mol. The first-order valence-electron chi connectivity index (χ1n) is 2.65. The van der Waals surface area contributed by atoms with Crippen LogP contribution < -0.4 is 10.5 Å². The average Bonchev–Trinajstić information content (AvgIpc) is 1.88. The van der Waals surface area contributed by atoms with E-state index in [9.17, 15) is 5.21 Å². The molecule has 0 aliphatic carbocycles. The molecular formula is C6H7N2O. The van der Waals surface area contributed by atoms with Crippen molar-refractivity contribution >= 4 is 0 Å². The van der Waals surface area contributed by atoms with Crippen LogP contribution in [0.5, 0.6) is 0 Å². The highest BCUT2D eigenvalue weighted by atomic mass is 16.5. The number of aromatic nitrogens is 1. The second kappa shape index (κ2) is 2.46. The van der Waals surface area contributed by atoms with Gasteiger partial charge in [0.15, 0.2) is 12.4 Å². The van der Waals surface area contributed by atoms with Gasteiger partial charge in [-0.15, -0.1) is 0 Å². The Kier molecular flexibility index (Phi) is 1.65. The van der Waals surface area contributed by atoms with Gasteiger partial charge in [0.1, 0.15) is 0 Å². The van der Waals surface area contributed by atoms with Gasteiger partial charge in [-0.2, -0.15) is 4.73 Å². The molecule has 1 aromatic rings. The van der Waals surface area contributed by atoms with Gasteiger partial charge in [0.05, 0.1) is 0 Å². The Morgan fingerprint density at radius 3 is 2.89 bits per heavy atom. The third kappa shape index (κ3) is 1.40. The zero-order chi connectivity index (χ0) is 6.69. The van der Waals surface area contributed by atoms with Crippen molar-refractivity contribution in [2.24, 2.45) is 0 Å². The van der Waals surface area contributed by atoms with E-state index in [1.165, 1.54) is 12.4 Å². The number of pyridine rings is 1. The number of hydrogen-bond donors (Lipinski definition) is 0. The van der Waals surface area contributed by atoms with E-state index in [0.717, 1.165) is 5.56 Å². The Labute approximate surface area is 53.3 Å². The van der Waals surface area contributed by atoms with Crippen molar-refractivity contribution in [2.45, 2.75) is 6.54 Å². The molecule has 3 nitrogen and oxygen atoms in total. The maximum atomic E-state index is 10.5. The lowest BCUT2D eigenvalue weighted by molar-refractivity contribution is -0.605. The molecule has 0 amide bonds. The molecule has 9 heavy (non-hydrogen) atoms. The normalized spacial score (nSPS) is 9.44. The summed E-state index contributed by atoms with van der Waals surface area (Å²) in [6.45, 7) is 0.170. The summed E-state index contributed by atoms with van der Waals surface area (Å²) < 4.78 is 0.698. The van der Waals surface area contributed by atoms with Crippen LogP contribution in [-0.4, -0.2) is 0 Å². The predicted octanol–water partition coefficient (Wildman–Crippen LogP) is 0.103. The van der Waals surface area contributed by atoms with Crippen molar-refractivity contribution in [1.82, 2.24) is 5.73 Å². The fourth-order valence-corrected chi connectivity index (χ4v) is 0.606. The Balaban J connectivity index is 2.94. The Hall–Kier alpha value is -1.09. The number of nitrogens with one attached hydrogen (secondary N) is 1. The lowest BCUT2D eigenvalue weighted by atomic mass is 10.3. The lowest BCUT2D eigenvalue weighted by Crippen LogP contribution is -2.24. The van der Waals surface area contributed by atoms with Crippen molar-refractivity contribution < 1.29 is 4.73 Å². The van der Waals surface area contributed by atoms with E-state index in [2.05, 4.69) is 0 Å². The van der Waals surface area contributed by atoms with Gasteiger partial charge in [-0.05, 0) is 6.07 Å². The summed E-state index contributed by atoms with van der Waals surface area (Å²) in [7, 11) is 0. The standard InChI is InChI=1S/C6H7N2O/c7-4-6-2-1-3-8(9)5-6/h1-3,5,7H,4H2. The average molecular weight is 123 g/mol. The highest BCUT2D eigenvalue weighted by Crippen LogP contribution is 1.90. The van der Waals surface area contributed by atoms with Crippen molar-refractivity contribution in [3.8, 4) is 0 Å². The summed E-state index contributed by atoms with van der Waals surface area (Å²) in [6.07, 6.45) is 2.80. The Morgan fingerprint density at radius 1 is 1.67 bits per heavy atom. The maximum absolute atomic E-state index is 10.5. The van der Waals surface area contributed by atoms with Crippen LogP contribution in [-0.2, 0) is 6.54 Å². The SMILES string of the molecule is [NH]Cc1ccc[n+]([O-])c1. The summed E-state index contributed by atoms with van der Waals surface area (Å²) in [5.74, 6) is 0. The lowest BCUT2D eigenvalue weighted by Gasteiger charge is -1.95. The van der Waals surface area contributed by atoms with Crippen LogP contribution in [0.4, 0.5) is 0 Å². The number of hydrogen-bond acceptors (Lipinski definition) is 1. The maximum Gasteiger partial charge on any atom is 0.184 e. The van der Waals surface area contributed by atoms with E-state index in [0.29, 0.717) is 4.73 Å².